The van der Waals surface area contributed by atoms with Crippen LogP contribution in [0.5, 0.6) is 5.75 Å². The van der Waals surface area contributed by atoms with Gasteiger partial charge in [0, 0.05) is 9.81 Å². The van der Waals surface area contributed by atoms with Gasteiger partial charge < -0.3 is 24.4 Å². The summed E-state index contributed by atoms with van der Waals surface area (Å²) in [6.07, 6.45) is -2.82. The molecule has 1 saturated heterocycles. The minimum Gasteiger partial charge on any atom is -0.497 e. The van der Waals surface area contributed by atoms with Crippen LogP contribution >= 0.6 is 11.8 Å². The number of methoxy groups -OCH3 is 1. The van der Waals surface area contributed by atoms with Gasteiger partial charge in [0.05, 0.1) is 26.4 Å². The molecule has 0 radical (unpaired) electrons. The fourth-order valence-electron chi connectivity index (χ4n) is 3.07. The van der Waals surface area contributed by atoms with Crippen LogP contribution in [0.4, 0.5) is 0 Å². The summed E-state index contributed by atoms with van der Waals surface area (Å²) in [5.74, 6) is 0.728. The van der Waals surface area contributed by atoms with Crippen LogP contribution in [0.1, 0.15) is 5.56 Å². The summed E-state index contributed by atoms with van der Waals surface area (Å²) >= 11 is 1.36. The van der Waals surface area contributed by atoms with E-state index in [-0.39, 0.29) is 13.2 Å². The highest BCUT2D eigenvalue weighted by Gasteiger charge is 2.45. The highest BCUT2D eigenvalue weighted by Crippen LogP contribution is 2.36. The zero-order valence-electron chi connectivity index (χ0n) is 15.9. The van der Waals surface area contributed by atoms with Gasteiger partial charge in [0.25, 0.3) is 0 Å². The minimum atomic E-state index is -1.14. The molecule has 2 aromatic carbocycles. The summed E-state index contributed by atoms with van der Waals surface area (Å²) in [6.45, 7) is -0.178. The topological polar surface area (TPSA) is 117 Å². The Labute approximate surface area is 173 Å². The first-order valence-electron chi connectivity index (χ1n) is 9.11. The van der Waals surface area contributed by atoms with Gasteiger partial charge in [-0.1, -0.05) is 47.2 Å². The first-order chi connectivity index (χ1) is 14.2. The number of benzene rings is 2. The van der Waals surface area contributed by atoms with E-state index >= 15 is 0 Å². The summed E-state index contributed by atoms with van der Waals surface area (Å²) in [5, 5.41) is 24.2. The Kier molecular flexibility index (Phi) is 7.76. The normalized spacial score (nSPS) is 26.5. The lowest BCUT2D eigenvalue weighted by molar-refractivity contribution is -0.185. The van der Waals surface area contributed by atoms with Crippen LogP contribution in [0.2, 0.25) is 0 Å². The van der Waals surface area contributed by atoms with Gasteiger partial charge in [0.2, 0.25) is 0 Å². The molecule has 1 fully saturated rings. The summed E-state index contributed by atoms with van der Waals surface area (Å²) in [4.78, 5) is 3.84. The molecule has 8 nitrogen and oxygen atoms in total. The predicted octanol–water partition coefficient (Wildman–Crippen LogP) is 3.13. The number of thioether (sulfide) groups is 1. The average molecular weight is 417 g/mol. The first-order valence-corrected chi connectivity index (χ1v) is 9.99. The third kappa shape index (κ3) is 5.42. The zero-order chi connectivity index (χ0) is 20.6. The van der Waals surface area contributed by atoms with Gasteiger partial charge in [-0.2, -0.15) is 0 Å². The van der Waals surface area contributed by atoms with Gasteiger partial charge in [0.1, 0.15) is 29.4 Å². The van der Waals surface area contributed by atoms with Gasteiger partial charge in [0.15, 0.2) is 0 Å². The second kappa shape index (κ2) is 10.5. The molecule has 1 aliphatic rings. The Balaban J connectivity index is 1.79. The summed E-state index contributed by atoms with van der Waals surface area (Å²) < 4.78 is 16.9. The van der Waals surface area contributed by atoms with Gasteiger partial charge in [-0.15, -0.1) is 0 Å². The Bertz CT molecular complexity index is 817. The molecule has 0 spiro atoms. The largest absolute Gasteiger partial charge is 0.497 e. The highest BCUT2D eigenvalue weighted by atomic mass is 32.2. The van der Waals surface area contributed by atoms with E-state index in [4.69, 9.17) is 19.7 Å². The van der Waals surface area contributed by atoms with Crippen molar-refractivity contribution in [1.82, 2.24) is 0 Å². The van der Waals surface area contributed by atoms with Crippen molar-refractivity contribution in [2.45, 2.75) is 41.3 Å². The lowest BCUT2D eigenvalue weighted by Gasteiger charge is -2.42. The molecule has 29 heavy (non-hydrogen) atoms. The molecule has 0 aromatic heterocycles. The molecule has 0 saturated carbocycles. The fraction of sp³-hybridized carbons (Fsp3) is 0.400. The van der Waals surface area contributed by atoms with Crippen LogP contribution < -0.4 is 4.74 Å². The molecule has 2 N–H and O–H groups in total. The quantitative estimate of drug-likeness (QED) is 0.387. The Morgan fingerprint density at radius 2 is 1.90 bits per heavy atom. The van der Waals surface area contributed by atoms with Crippen LogP contribution in [-0.2, 0) is 16.1 Å². The Morgan fingerprint density at radius 1 is 1.17 bits per heavy atom. The lowest BCUT2D eigenvalue weighted by atomic mass is 9.98. The van der Waals surface area contributed by atoms with E-state index in [9.17, 15) is 10.2 Å². The molecule has 9 heteroatoms. The molecule has 154 valence electrons. The van der Waals surface area contributed by atoms with E-state index in [1.54, 1.807) is 7.11 Å². The molecular formula is C20H23N3O5S. The average Bonchev–Trinajstić information content (AvgIpc) is 2.76. The van der Waals surface area contributed by atoms with Crippen LogP contribution in [0.25, 0.3) is 10.4 Å². The number of azide groups is 1. The van der Waals surface area contributed by atoms with Crippen molar-refractivity contribution in [3.63, 3.8) is 0 Å². The maximum absolute atomic E-state index is 10.6. The summed E-state index contributed by atoms with van der Waals surface area (Å²) in [5.41, 5.74) is 9.32. The first kappa shape index (κ1) is 21.4. The highest BCUT2D eigenvalue weighted by molar-refractivity contribution is 7.99. The van der Waals surface area contributed by atoms with Crippen LogP contribution in [0.15, 0.2) is 64.6 Å². The number of hydrogen-bond acceptors (Lipinski definition) is 7. The zero-order valence-corrected chi connectivity index (χ0v) is 16.7. The van der Waals surface area contributed by atoms with Crippen LogP contribution in [0, 0.1) is 0 Å². The molecule has 5 atom stereocenters. The molecule has 0 bridgehead atoms. The van der Waals surface area contributed by atoms with Gasteiger partial charge in [-0.25, -0.2) is 0 Å². The summed E-state index contributed by atoms with van der Waals surface area (Å²) in [7, 11) is 1.59. The van der Waals surface area contributed by atoms with Crippen molar-refractivity contribution in [2.75, 3.05) is 13.7 Å². The molecule has 1 heterocycles. The smallest absolute Gasteiger partial charge is 0.119 e. The van der Waals surface area contributed by atoms with Gasteiger partial charge in [-0.3, -0.25) is 0 Å². The molecule has 0 amide bonds. The lowest BCUT2D eigenvalue weighted by Crippen LogP contribution is -2.57. The standard InChI is InChI=1S/C20H23N3O5S/c1-26-14-9-7-13(8-10-14)12-27-19-17(22-23-21)20(28-16(11-24)18(19)25)29-15-5-3-2-4-6-15/h2-10,16-20,24-25H,11-12H2,1H3/t16?,17?,18-,19-,20+/m1/s1. The fourth-order valence-corrected chi connectivity index (χ4v) is 4.20. The number of nitrogens with zero attached hydrogens (tertiary/aromatic N) is 3. The molecule has 0 aliphatic carbocycles. The summed E-state index contributed by atoms with van der Waals surface area (Å²) in [6, 6.07) is 16.1. The van der Waals surface area contributed by atoms with Crippen molar-refractivity contribution < 1.29 is 24.4 Å². The second-order valence-corrected chi connectivity index (χ2v) is 7.64. The van der Waals surface area contributed by atoms with Crippen molar-refractivity contribution in [3.8, 4) is 5.75 Å². The molecule has 2 aromatic rings. The number of aliphatic hydroxyl groups excluding tert-OH is 2. The van der Waals surface area contributed by atoms with E-state index in [2.05, 4.69) is 10.0 Å². The maximum atomic E-state index is 10.6. The van der Waals surface area contributed by atoms with E-state index in [0.29, 0.717) is 0 Å². The monoisotopic (exact) mass is 417 g/mol. The number of hydrogen-bond donors (Lipinski definition) is 2. The van der Waals surface area contributed by atoms with Crippen molar-refractivity contribution in [1.29, 1.82) is 0 Å². The molecular weight excluding hydrogens is 394 g/mol. The number of ether oxygens (including phenoxy) is 3. The third-order valence-electron chi connectivity index (χ3n) is 4.60. The number of aliphatic hydroxyl groups is 2. The molecule has 3 rings (SSSR count). The van der Waals surface area contributed by atoms with E-state index in [1.807, 2.05) is 54.6 Å². The van der Waals surface area contributed by atoms with E-state index < -0.39 is 29.8 Å². The van der Waals surface area contributed by atoms with Gasteiger partial charge >= 0.3 is 0 Å². The van der Waals surface area contributed by atoms with Crippen molar-refractivity contribution in [3.05, 3.63) is 70.6 Å². The van der Waals surface area contributed by atoms with Gasteiger partial charge in [-0.05, 0) is 35.4 Å². The Hall–Kier alpha value is -2.26. The van der Waals surface area contributed by atoms with Crippen LogP contribution in [0.3, 0.4) is 0 Å². The minimum absolute atomic E-state index is 0.198. The Morgan fingerprint density at radius 3 is 2.52 bits per heavy atom. The van der Waals surface area contributed by atoms with Crippen LogP contribution in [-0.4, -0.2) is 53.7 Å². The third-order valence-corrected chi connectivity index (χ3v) is 5.77. The predicted molar refractivity (Wildman–Crippen MR) is 109 cm³/mol. The number of rotatable bonds is 8. The molecule has 2 unspecified atom stereocenters. The van der Waals surface area contributed by atoms with Crippen molar-refractivity contribution in [2.24, 2.45) is 5.11 Å². The van der Waals surface area contributed by atoms with E-state index in [1.165, 1.54) is 11.8 Å². The SMILES string of the molecule is COc1ccc(CO[C@@H]2C(N=[N+]=[N-])[C@H](Sc3ccccc3)OC(CO)[C@H]2O)cc1. The van der Waals surface area contributed by atoms with E-state index in [0.717, 1.165) is 16.2 Å². The van der Waals surface area contributed by atoms with Crippen molar-refractivity contribution >= 4 is 11.8 Å². The second-order valence-electron chi connectivity index (χ2n) is 6.47. The molecule has 1 aliphatic heterocycles. The maximum Gasteiger partial charge on any atom is 0.119 e.